The zero-order valence-corrected chi connectivity index (χ0v) is 13.6. The zero-order chi connectivity index (χ0) is 18.0. The lowest BCUT2D eigenvalue weighted by molar-refractivity contribution is -0.119. The molecule has 0 saturated carbocycles. The monoisotopic (exact) mass is 345 g/mol. The van der Waals surface area contributed by atoms with Crippen molar-refractivity contribution in [3.63, 3.8) is 0 Å². The Balaban J connectivity index is 1.64. The second-order valence-electron chi connectivity index (χ2n) is 5.81. The Bertz CT molecular complexity index is 826. The van der Waals surface area contributed by atoms with Gasteiger partial charge in [-0.1, -0.05) is 18.2 Å². The van der Waals surface area contributed by atoms with Crippen molar-refractivity contribution in [2.24, 2.45) is 0 Å². The van der Waals surface area contributed by atoms with Gasteiger partial charge < -0.3 is 15.5 Å². The molecule has 1 unspecified atom stereocenters. The summed E-state index contributed by atoms with van der Waals surface area (Å²) in [6.45, 7) is 2.09. The Morgan fingerprint density at radius 1 is 1.16 bits per heavy atom. The molecule has 0 radical (unpaired) electrons. The number of halogens is 2. The maximum atomic E-state index is 13.6. The van der Waals surface area contributed by atoms with Crippen molar-refractivity contribution < 1.29 is 18.4 Å². The highest BCUT2D eigenvalue weighted by atomic mass is 19.1. The van der Waals surface area contributed by atoms with E-state index in [4.69, 9.17) is 0 Å². The highest BCUT2D eigenvalue weighted by Crippen LogP contribution is 2.27. The van der Waals surface area contributed by atoms with Gasteiger partial charge in [0.05, 0.1) is 5.69 Å². The Kier molecular flexibility index (Phi) is 4.65. The molecule has 1 aliphatic heterocycles. The van der Waals surface area contributed by atoms with Gasteiger partial charge in [0.1, 0.15) is 17.7 Å². The van der Waals surface area contributed by atoms with Gasteiger partial charge in [-0.25, -0.2) is 13.6 Å². The molecule has 1 atom stereocenters. The molecule has 25 heavy (non-hydrogen) atoms. The zero-order valence-electron chi connectivity index (χ0n) is 13.6. The van der Waals surface area contributed by atoms with Crippen LogP contribution in [0.4, 0.5) is 25.0 Å². The molecule has 0 spiro atoms. The van der Waals surface area contributed by atoms with Gasteiger partial charge in [-0.05, 0) is 37.1 Å². The molecule has 7 heteroatoms. The smallest absolute Gasteiger partial charge is 0.319 e. The molecule has 2 N–H and O–H groups in total. The maximum Gasteiger partial charge on any atom is 0.319 e. The third kappa shape index (κ3) is 3.60. The molecule has 2 aromatic carbocycles. The average molecular weight is 345 g/mol. The minimum absolute atomic E-state index is 0.264. The number of hydrogen-bond acceptors (Lipinski definition) is 2. The molecule has 0 saturated heterocycles. The lowest BCUT2D eigenvalue weighted by Gasteiger charge is -2.22. The minimum Gasteiger partial charge on any atom is -0.326 e. The van der Waals surface area contributed by atoms with Crippen LogP contribution >= 0.6 is 0 Å². The normalized spacial score (nSPS) is 14.0. The van der Waals surface area contributed by atoms with E-state index in [2.05, 4.69) is 10.6 Å². The maximum absolute atomic E-state index is 13.6. The number of hydrogen-bond donors (Lipinski definition) is 2. The molecule has 1 aliphatic rings. The van der Waals surface area contributed by atoms with E-state index in [0.717, 1.165) is 35.9 Å². The first-order chi connectivity index (χ1) is 12.0. The summed E-state index contributed by atoms with van der Waals surface area (Å²) in [4.78, 5) is 26.1. The summed E-state index contributed by atoms with van der Waals surface area (Å²) in [7, 11) is 0. The van der Waals surface area contributed by atoms with E-state index in [0.29, 0.717) is 6.54 Å². The first kappa shape index (κ1) is 16.9. The van der Waals surface area contributed by atoms with Crippen molar-refractivity contribution in [1.29, 1.82) is 0 Å². The Morgan fingerprint density at radius 2 is 1.92 bits per heavy atom. The summed E-state index contributed by atoms with van der Waals surface area (Å²) < 4.78 is 26.7. The van der Waals surface area contributed by atoms with Gasteiger partial charge in [0.15, 0.2) is 0 Å². The van der Waals surface area contributed by atoms with Crippen LogP contribution in [0.5, 0.6) is 0 Å². The van der Waals surface area contributed by atoms with Crippen molar-refractivity contribution in [2.45, 2.75) is 19.4 Å². The molecule has 5 nitrogen and oxygen atoms in total. The summed E-state index contributed by atoms with van der Waals surface area (Å²) in [5.41, 5.74) is 1.62. The van der Waals surface area contributed by atoms with Crippen LogP contribution in [0.25, 0.3) is 0 Å². The van der Waals surface area contributed by atoms with Crippen LogP contribution in [0.3, 0.4) is 0 Å². The third-order valence-electron chi connectivity index (χ3n) is 4.05. The number of amides is 3. The van der Waals surface area contributed by atoms with Gasteiger partial charge in [0.25, 0.3) is 0 Å². The van der Waals surface area contributed by atoms with Gasteiger partial charge in [-0.2, -0.15) is 0 Å². The highest BCUT2D eigenvalue weighted by Gasteiger charge is 2.28. The number of urea groups is 1. The molecule has 130 valence electrons. The third-order valence-corrected chi connectivity index (χ3v) is 4.05. The largest absolute Gasteiger partial charge is 0.326 e. The number of anilines is 2. The van der Waals surface area contributed by atoms with Gasteiger partial charge in [0.2, 0.25) is 5.91 Å². The lowest BCUT2D eigenvalue weighted by atomic mass is 10.2. The summed E-state index contributed by atoms with van der Waals surface area (Å²) >= 11 is 0. The van der Waals surface area contributed by atoms with Crippen LogP contribution in [-0.2, 0) is 11.2 Å². The summed E-state index contributed by atoms with van der Waals surface area (Å²) in [6.07, 6.45) is 0.759. The van der Waals surface area contributed by atoms with Gasteiger partial charge in [0, 0.05) is 18.3 Å². The van der Waals surface area contributed by atoms with Crippen molar-refractivity contribution in [3.8, 4) is 0 Å². The van der Waals surface area contributed by atoms with E-state index in [-0.39, 0.29) is 11.6 Å². The molecular formula is C18H17F2N3O2. The number of benzene rings is 2. The van der Waals surface area contributed by atoms with Crippen LogP contribution in [0, 0.1) is 11.6 Å². The average Bonchev–Trinajstić information content (AvgIpc) is 3.01. The quantitative estimate of drug-likeness (QED) is 0.898. The fourth-order valence-corrected chi connectivity index (χ4v) is 2.81. The van der Waals surface area contributed by atoms with E-state index in [9.17, 15) is 18.4 Å². The van der Waals surface area contributed by atoms with Gasteiger partial charge in [-0.15, -0.1) is 0 Å². The standard InChI is InChI=1S/C18H17F2N3O2/c1-11(17(24)23-9-8-12-4-2-3-5-16(12)23)21-18(25)22-15-10-13(19)6-7-14(15)20/h2-7,10-11H,8-9H2,1H3,(H2,21,22,25). The molecule has 0 bridgehead atoms. The Hall–Kier alpha value is -2.96. The number of fused-ring (bicyclic) bond motifs is 1. The van der Waals surface area contributed by atoms with Crippen molar-refractivity contribution in [2.75, 3.05) is 16.8 Å². The van der Waals surface area contributed by atoms with Gasteiger partial charge >= 0.3 is 6.03 Å². The van der Waals surface area contributed by atoms with Gasteiger partial charge in [-0.3, -0.25) is 4.79 Å². The Morgan fingerprint density at radius 3 is 2.72 bits per heavy atom. The van der Waals surface area contributed by atoms with Crippen LogP contribution < -0.4 is 15.5 Å². The molecule has 0 aromatic heterocycles. The van der Waals surface area contributed by atoms with Crippen molar-refractivity contribution in [1.82, 2.24) is 5.32 Å². The molecule has 0 aliphatic carbocycles. The second-order valence-corrected chi connectivity index (χ2v) is 5.81. The lowest BCUT2D eigenvalue weighted by Crippen LogP contribution is -2.47. The van der Waals surface area contributed by atoms with E-state index < -0.39 is 23.7 Å². The predicted molar refractivity (Wildman–Crippen MR) is 90.5 cm³/mol. The molecular weight excluding hydrogens is 328 g/mol. The summed E-state index contributed by atoms with van der Waals surface area (Å²) in [5, 5.41) is 4.66. The number of nitrogens with one attached hydrogen (secondary N) is 2. The fraction of sp³-hybridized carbons (Fsp3) is 0.222. The van der Waals surface area contributed by atoms with E-state index in [1.54, 1.807) is 11.8 Å². The minimum atomic E-state index is -0.817. The first-order valence-corrected chi connectivity index (χ1v) is 7.87. The van der Waals surface area contributed by atoms with Crippen LogP contribution in [0.2, 0.25) is 0 Å². The highest BCUT2D eigenvalue weighted by molar-refractivity contribution is 6.01. The first-order valence-electron chi connectivity index (χ1n) is 7.87. The SMILES string of the molecule is CC(NC(=O)Nc1cc(F)ccc1F)C(=O)N1CCc2ccccc21. The number of para-hydroxylation sites is 1. The van der Waals surface area contributed by atoms with Crippen LogP contribution in [0.15, 0.2) is 42.5 Å². The predicted octanol–water partition coefficient (Wildman–Crippen LogP) is 3.06. The number of nitrogens with zero attached hydrogens (tertiary/aromatic N) is 1. The van der Waals surface area contributed by atoms with E-state index in [1.165, 1.54) is 0 Å². The number of rotatable bonds is 3. The molecule has 3 rings (SSSR count). The van der Waals surface area contributed by atoms with Crippen molar-refractivity contribution in [3.05, 3.63) is 59.7 Å². The molecule has 3 amide bonds. The van der Waals surface area contributed by atoms with Crippen molar-refractivity contribution >= 4 is 23.3 Å². The molecule has 1 heterocycles. The molecule has 2 aromatic rings. The summed E-state index contributed by atoms with van der Waals surface area (Å²) in [6, 6.07) is 8.72. The second kappa shape index (κ2) is 6.88. The Labute approximate surface area is 143 Å². The number of carbonyl (C=O) groups is 2. The fourth-order valence-electron chi connectivity index (χ4n) is 2.81. The topological polar surface area (TPSA) is 61.4 Å². The summed E-state index contributed by atoms with van der Waals surface area (Å²) in [5.74, 6) is -1.70. The number of carbonyl (C=O) groups excluding carboxylic acids is 2. The van der Waals surface area contributed by atoms with E-state index in [1.807, 2.05) is 24.3 Å². The van der Waals surface area contributed by atoms with Crippen LogP contribution in [0.1, 0.15) is 12.5 Å². The van der Waals surface area contributed by atoms with E-state index >= 15 is 0 Å². The molecule has 0 fully saturated rings. The van der Waals surface area contributed by atoms with Crippen LogP contribution in [-0.4, -0.2) is 24.5 Å².